The van der Waals surface area contributed by atoms with Gasteiger partial charge in [-0.2, -0.15) is 0 Å². The van der Waals surface area contributed by atoms with Crippen molar-refractivity contribution in [3.8, 4) is 0 Å². The first-order valence-corrected chi connectivity index (χ1v) is 6.74. The lowest BCUT2D eigenvalue weighted by atomic mass is 10.1. The first-order chi connectivity index (χ1) is 9.06. The van der Waals surface area contributed by atoms with Gasteiger partial charge in [0.1, 0.15) is 5.82 Å². The number of amides is 1. The summed E-state index contributed by atoms with van der Waals surface area (Å²) in [6.45, 7) is 0.517. The van der Waals surface area contributed by atoms with Gasteiger partial charge in [0.25, 0.3) is 0 Å². The van der Waals surface area contributed by atoms with Crippen molar-refractivity contribution in [1.29, 1.82) is 0 Å². The van der Waals surface area contributed by atoms with Gasteiger partial charge in [-0.1, -0.05) is 0 Å². The molecule has 1 amide bonds. The molecule has 1 aromatic carbocycles. The fraction of sp³-hybridized carbons (Fsp3) is 0.333. The molecule has 0 spiro atoms. The molecule has 0 radical (unpaired) electrons. The number of piperidine rings is 1. The van der Waals surface area contributed by atoms with Crippen LogP contribution in [0.25, 0.3) is 11.0 Å². The molecule has 1 aliphatic rings. The normalized spacial score (nSPS) is 19.7. The Labute approximate surface area is 117 Å². The molecule has 19 heavy (non-hydrogen) atoms. The van der Waals surface area contributed by atoms with Gasteiger partial charge in [-0.3, -0.25) is 4.79 Å². The predicted octanol–water partition coefficient (Wildman–Crippen LogP) is 1.97. The Bertz CT molecular complexity index is 659. The number of hydrogen-bond donors (Lipinski definition) is 2. The van der Waals surface area contributed by atoms with Crippen molar-refractivity contribution in [2.45, 2.75) is 18.9 Å². The molecule has 0 saturated carbocycles. The standard InChI is InChI=1S/C12H12BrFN4O/c13-7-3-10-9(4-8(7)14)17-12(15)18(10)6-1-2-11(19)16-5-6/h3-4,6H,1-2,5H2,(H2,15,17)(H,16,19). The zero-order valence-electron chi connectivity index (χ0n) is 9.99. The molecule has 0 aliphatic carbocycles. The quantitative estimate of drug-likeness (QED) is 0.841. The van der Waals surface area contributed by atoms with Crippen LogP contribution in [0, 0.1) is 5.82 Å². The Hall–Kier alpha value is -1.63. The molecule has 1 aromatic heterocycles. The Balaban J connectivity index is 2.10. The summed E-state index contributed by atoms with van der Waals surface area (Å²) < 4.78 is 15.7. The summed E-state index contributed by atoms with van der Waals surface area (Å²) in [5, 5.41) is 2.81. The van der Waals surface area contributed by atoms with Crippen molar-refractivity contribution in [2.75, 3.05) is 12.3 Å². The summed E-state index contributed by atoms with van der Waals surface area (Å²) in [6, 6.07) is 3.08. The third-order valence-electron chi connectivity index (χ3n) is 3.36. The van der Waals surface area contributed by atoms with Crippen molar-refractivity contribution in [1.82, 2.24) is 14.9 Å². The lowest BCUT2D eigenvalue weighted by molar-refractivity contribution is -0.122. The molecule has 0 bridgehead atoms. The highest BCUT2D eigenvalue weighted by molar-refractivity contribution is 9.10. The van der Waals surface area contributed by atoms with Gasteiger partial charge in [0.05, 0.1) is 21.5 Å². The summed E-state index contributed by atoms with van der Waals surface area (Å²) >= 11 is 3.17. The van der Waals surface area contributed by atoms with E-state index in [2.05, 4.69) is 26.2 Å². The van der Waals surface area contributed by atoms with E-state index in [1.807, 2.05) is 4.57 Å². The number of nitrogens with zero attached hydrogens (tertiary/aromatic N) is 2. The second-order valence-corrected chi connectivity index (χ2v) is 5.45. The Morgan fingerprint density at radius 2 is 2.32 bits per heavy atom. The third kappa shape index (κ3) is 2.07. The van der Waals surface area contributed by atoms with Gasteiger partial charge in [-0.15, -0.1) is 0 Å². The zero-order chi connectivity index (χ0) is 13.6. The van der Waals surface area contributed by atoms with Gasteiger partial charge in [0.15, 0.2) is 0 Å². The van der Waals surface area contributed by atoms with Gasteiger partial charge in [-0.25, -0.2) is 9.37 Å². The van der Waals surface area contributed by atoms with E-state index in [1.54, 1.807) is 6.07 Å². The minimum Gasteiger partial charge on any atom is -0.369 e. The lowest BCUT2D eigenvalue weighted by Crippen LogP contribution is -2.36. The maximum atomic E-state index is 13.5. The number of halogens is 2. The number of imidazole rings is 1. The van der Waals surface area contributed by atoms with Gasteiger partial charge in [-0.05, 0) is 28.4 Å². The van der Waals surface area contributed by atoms with Crippen molar-refractivity contribution < 1.29 is 9.18 Å². The lowest BCUT2D eigenvalue weighted by Gasteiger charge is -2.25. The molecule has 3 rings (SSSR count). The SMILES string of the molecule is Nc1nc2cc(F)c(Br)cc2n1C1CCC(=O)NC1. The van der Waals surface area contributed by atoms with Crippen LogP contribution in [0.4, 0.5) is 10.3 Å². The first kappa shape index (κ1) is 12.4. The minimum absolute atomic E-state index is 0.0477. The summed E-state index contributed by atoms with van der Waals surface area (Å²) in [5.41, 5.74) is 7.21. The number of nitrogen functional groups attached to an aromatic ring is 1. The van der Waals surface area contributed by atoms with Gasteiger partial charge < -0.3 is 15.6 Å². The maximum Gasteiger partial charge on any atom is 0.220 e. The van der Waals surface area contributed by atoms with Gasteiger partial charge >= 0.3 is 0 Å². The smallest absolute Gasteiger partial charge is 0.220 e. The molecule has 1 atom stereocenters. The highest BCUT2D eigenvalue weighted by Crippen LogP contribution is 2.30. The summed E-state index contributed by atoms with van der Waals surface area (Å²) in [6.07, 6.45) is 1.17. The number of nitrogens with two attached hydrogens (primary N) is 1. The number of carbonyl (C=O) groups is 1. The van der Waals surface area contributed by atoms with E-state index in [1.165, 1.54) is 6.07 Å². The monoisotopic (exact) mass is 326 g/mol. The maximum absolute atomic E-state index is 13.5. The zero-order valence-corrected chi connectivity index (χ0v) is 11.6. The number of aromatic nitrogens is 2. The van der Waals surface area contributed by atoms with E-state index in [-0.39, 0.29) is 17.8 Å². The molecule has 2 aromatic rings. The number of carbonyl (C=O) groups excluding carboxylic acids is 1. The summed E-state index contributed by atoms with van der Waals surface area (Å²) in [4.78, 5) is 15.4. The van der Waals surface area contributed by atoms with Crippen LogP contribution in [-0.4, -0.2) is 22.0 Å². The number of nitrogens with one attached hydrogen (secondary N) is 1. The largest absolute Gasteiger partial charge is 0.369 e. The molecule has 1 unspecified atom stereocenters. The fourth-order valence-electron chi connectivity index (χ4n) is 2.43. The van der Waals surface area contributed by atoms with Crippen molar-refractivity contribution in [3.05, 3.63) is 22.4 Å². The summed E-state index contributed by atoms with van der Waals surface area (Å²) in [7, 11) is 0. The van der Waals surface area contributed by atoms with Crippen LogP contribution < -0.4 is 11.1 Å². The summed E-state index contributed by atoms with van der Waals surface area (Å²) in [5.74, 6) is 0.0224. The second kappa shape index (κ2) is 4.48. The predicted molar refractivity (Wildman–Crippen MR) is 73.1 cm³/mol. The fourth-order valence-corrected chi connectivity index (χ4v) is 2.76. The van der Waals surface area contributed by atoms with Crippen LogP contribution in [0.3, 0.4) is 0 Å². The second-order valence-electron chi connectivity index (χ2n) is 4.59. The molecule has 100 valence electrons. The topological polar surface area (TPSA) is 72.9 Å². The first-order valence-electron chi connectivity index (χ1n) is 5.95. The number of hydrogen-bond acceptors (Lipinski definition) is 3. The molecule has 1 aliphatic heterocycles. The van der Waals surface area contributed by atoms with E-state index in [4.69, 9.17) is 5.73 Å². The van der Waals surface area contributed by atoms with E-state index < -0.39 is 0 Å². The minimum atomic E-state index is -0.367. The number of fused-ring (bicyclic) bond motifs is 1. The number of anilines is 1. The number of rotatable bonds is 1. The van der Waals surface area contributed by atoms with Crippen LogP contribution >= 0.6 is 15.9 Å². The molecule has 3 N–H and O–H groups in total. The van der Waals surface area contributed by atoms with Crippen LogP contribution in [0.2, 0.25) is 0 Å². The highest BCUT2D eigenvalue weighted by atomic mass is 79.9. The van der Waals surface area contributed by atoms with Crippen LogP contribution in [0.1, 0.15) is 18.9 Å². The molecule has 1 saturated heterocycles. The highest BCUT2D eigenvalue weighted by Gasteiger charge is 2.23. The molecule has 5 nitrogen and oxygen atoms in total. The van der Waals surface area contributed by atoms with Crippen LogP contribution in [-0.2, 0) is 4.79 Å². The van der Waals surface area contributed by atoms with Crippen molar-refractivity contribution >= 4 is 38.8 Å². The number of benzene rings is 1. The van der Waals surface area contributed by atoms with E-state index in [9.17, 15) is 9.18 Å². The Morgan fingerprint density at radius 1 is 1.53 bits per heavy atom. The van der Waals surface area contributed by atoms with Crippen LogP contribution in [0.5, 0.6) is 0 Å². The molecule has 2 heterocycles. The molecular formula is C12H12BrFN4O. The Kier molecular flexibility index (Phi) is 2.93. The van der Waals surface area contributed by atoms with Crippen molar-refractivity contribution in [2.24, 2.45) is 0 Å². The van der Waals surface area contributed by atoms with Crippen LogP contribution in [0.15, 0.2) is 16.6 Å². The van der Waals surface area contributed by atoms with Crippen molar-refractivity contribution in [3.63, 3.8) is 0 Å². The van der Waals surface area contributed by atoms with Gasteiger partial charge in [0, 0.05) is 19.0 Å². The average molecular weight is 327 g/mol. The molecular weight excluding hydrogens is 315 g/mol. The van der Waals surface area contributed by atoms with E-state index >= 15 is 0 Å². The van der Waals surface area contributed by atoms with E-state index in [0.717, 1.165) is 5.52 Å². The third-order valence-corrected chi connectivity index (χ3v) is 3.97. The molecule has 7 heteroatoms. The average Bonchev–Trinajstić information content (AvgIpc) is 2.67. The van der Waals surface area contributed by atoms with E-state index in [0.29, 0.717) is 35.3 Å². The van der Waals surface area contributed by atoms with Gasteiger partial charge in [0.2, 0.25) is 11.9 Å². The molecule has 1 fully saturated rings. The Morgan fingerprint density at radius 3 is 3.00 bits per heavy atom.